The van der Waals surface area contributed by atoms with E-state index in [1.54, 1.807) is 0 Å². The van der Waals surface area contributed by atoms with Crippen LogP contribution in [0.25, 0.3) is 11.3 Å². The lowest BCUT2D eigenvalue weighted by Gasteiger charge is -2.27. The number of nitrogens with two attached hydrogens (primary N) is 1. The molecule has 1 heterocycles. The van der Waals surface area contributed by atoms with Crippen molar-refractivity contribution in [3.05, 3.63) is 64.6 Å². The zero-order valence-electron chi connectivity index (χ0n) is 26.2. The maximum atomic E-state index is 14.6. The van der Waals surface area contributed by atoms with Gasteiger partial charge in [-0.2, -0.15) is 4.39 Å². The maximum Gasteiger partial charge on any atom is 0.292 e. The number of carbonyl (C=O) groups is 4. The summed E-state index contributed by atoms with van der Waals surface area (Å²) >= 11 is 6.30. The highest BCUT2D eigenvalue weighted by atomic mass is 35.5. The molecule has 0 aliphatic carbocycles. The number of unbranched alkanes of at least 4 members (excludes halogenated alkanes) is 1. The minimum Gasteiger partial charge on any atom is -0.494 e. The number of methoxy groups -OCH3 is 2. The Morgan fingerprint density at radius 1 is 1.07 bits per heavy atom. The van der Waals surface area contributed by atoms with Gasteiger partial charge in [-0.05, 0) is 50.2 Å². The van der Waals surface area contributed by atoms with Crippen molar-refractivity contribution in [2.24, 2.45) is 12.8 Å². The number of nitrogens with one attached hydrogen (secondary N) is 2. The molecular formula is C30H40ClF2N6O6+. The number of benzene rings is 2. The standard InChI is InChI=1S/C27H30ClF2N5O4.C2H4O2.CH5N/c1-34-21(19-9-10-22(39-4)24(30)23(19)29)16-32-25(34)27(38)33-17-7-8-18(20(28)15-17)26(37)31-11-5-6-12-35(2,3)13-14-36;1-4-2-3;1-2/h7-10,14-16H,5-6,11-13H2,1-4H3,(H-,31,33,37,38);2H,1H3;2H2,1H3/p+1. The first kappa shape index (κ1) is 38.6. The quantitative estimate of drug-likeness (QED) is 0.144. The fraction of sp³-hybridized carbons (Fsp3) is 0.367. The number of anilines is 1. The summed E-state index contributed by atoms with van der Waals surface area (Å²) in [5, 5.41) is 5.61. The van der Waals surface area contributed by atoms with Crippen molar-refractivity contribution in [1.29, 1.82) is 0 Å². The second-order valence-electron chi connectivity index (χ2n) is 9.92. The van der Waals surface area contributed by atoms with Crippen LogP contribution in [0.4, 0.5) is 14.5 Å². The van der Waals surface area contributed by atoms with Gasteiger partial charge in [0, 0.05) is 24.8 Å². The molecule has 0 bridgehead atoms. The highest BCUT2D eigenvalue weighted by Crippen LogP contribution is 2.30. The Morgan fingerprint density at radius 2 is 1.73 bits per heavy atom. The van der Waals surface area contributed by atoms with Crippen molar-refractivity contribution in [1.82, 2.24) is 14.9 Å². The van der Waals surface area contributed by atoms with Gasteiger partial charge >= 0.3 is 0 Å². The zero-order chi connectivity index (χ0) is 34.2. The number of nitrogens with zero attached hydrogens (tertiary/aromatic N) is 3. The number of ether oxygens (including phenoxy) is 2. The molecule has 0 spiro atoms. The van der Waals surface area contributed by atoms with Crippen LogP contribution >= 0.6 is 11.6 Å². The van der Waals surface area contributed by atoms with E-state index >= 15 is 0 Å². The number of aldehydes is 1. The molecule has 12 nitrogen and oxygen atoms in total. The van der Waals surface area contributed by atoms with Gasteiger partial charge in [0.25, 0.3) is 18.3 Å². The first-order valence-electron chi connectivity index (χ1n) is 13.6. The van der Waals surface area contributed by atoms with Crippen molar-refractivity contribution in [3.63, 3.8) is 0 Å². The molecule has 15 heteroatoms. The Kier molecular flexibility index (Phi) is 16.4. The van der Waals surface area contributed by atoms with Crippen molar-refractivity contribution in [2.75, 3.05) is 60.3 Å². The van der Waals surface area contributed by atoms with E-state index in [2.05, 4.69) is 26.1 Å². The topological polar surface area (TPSA) is 155 Å². The fourth-order valence-corrected chi connectivity index (χ4v) is 4.24. The van der Waals surface area contributed by atoms with Crippen molar-refractivity contribution >= 4 is 41.9 Å². The third-order valence-corrected chi connectivity index (χ3v) is 6.66. The minimum absolute atomic E-state index is 0.0477. The average Bonchev–Trinajstić information content (AvgIpc) is 3.40. The van der Waals surface area contributed by atoms with Crippen molar-refractivity contribution < 1.29 is 41.9 Å². The molecule has 0 saturated heterocycles. The van der Waals surface area contributed by atoms with Crippen LogP contribution in [0, 0.1) is 11.6 Å². The molecule has 246 valence electrons. The Morgan fingerprint density at radius 3 is 2.31 bits per heavy atom. The lowest BCUT2D eigenvalue weighted by Crippen LogP contribution is -2.42. The Labute approximate surface area is 266 Å². The van der Waals surface area contributed by atoms with Gasteiger partial charge in [-0.1, -0.05) is 11.6 Å². The largest absolute Gasteiger partial charge is 0.494 e. The Balaban J connectivity index is 0.00000156. The third-order valence-electron chi connectivity index (χ3n) is 6.35. The molecular weight excluding hydrogens is 614 g/mol. The number of amides is 2. The molecule has 0 aliphatic rings. The molecule has 0 saturated carbocycles. The maximum absolute atomic E-state index is 14.6. The zero-order valence-corrected chi connectivity index (χ0v) is 26.9. The molecule has 0 unspecified atom stereocenters. The van der Waals surface area contributed by atoms with Crippen LogP contribution in [0.2, 0.25) is 5.02 Å². The Bertz CT molecular complexity index is 1450. The van der Waals surface area contributed by atoms with Gasteiger partial charge in [-0.25, -0.2) is 9.37 Å². The summed E-state index contributed by atoms with van der Waals surface area (Å²) in [6.07, 6.45) is 3.75. The van der Waals surface area contributed by atoms with Gasteiger partial charge in [0.2, 0.25) is 5.82 Å². The Hall–Kier alpha value is -4.40. The molecule has 2 amide bonds. The van der Waals surface area contributed by atoms with Gasteiger partial charge in [0.1, 0.15) is 6.54 Å². The average molecular weight is 654 g/mol. The number of hydrogen-bond acceptors (Lipinski definition) is 8. The molecule has 45 heavy (non-hydrogen) atoms. The van der Waals surface area contributed by atoms with Crippen LogP contribution in [-0.2, 0) is 21.4 Å². The van der Waals surface area contributed by atoms with Crippen molar-refractivity contribution in [2.45, 2.75) is 12.8 Å². The number of quaternary nitrogens is 1. The monoisotopic (exact) mass is 653 g/mol. The molecule has 2 aromatic carbocycles. The van der Waals surface area contributed by atoms with E-state index in [4.69, 9.17) is 21.1 Å². The van der Waals surface area contributed by atoms with Gasteiger partial charge in [0.05, 0.1) is 57.3 Å². The summed E-state index contributed by atoms with van der Waals surface area (Å²) in [6.45, 7) is 2.08. The predicted molar refractivity (Wildman–Crippen MR) is 167 cm³/mol. The number of rotatable bonds is 13. The molecule has 4 N–H and O–H groups in total. The second kappa shape index (κ2) is 19.1. The number of imidazole rings is 1. The summed E-state index contributed by atoms with van der Waals surface area (Å²) in [6, 6.07) is 7.09. The SMILES string of the molecule is CN.COC=O.COc1ccc(-c2cnc(C(=O)Nc3ccc(C(=O)NCCCC[N+](C)(C)CC=O)c(Cl)c3)n2C)c(F)c1F. The summed E-state index contributed by atoms with van der Waals surface area (Å²) in [5.41, 5.74) is 5.19. The number of hydrogen-bond donors (Lipinski definition) is 3. The van der Waals surface area contributed by atoms with Crippen LogP contribution in [0.5, 0.6) is 5.75 Å². The van der Waals surface area contributed by atoms with Crippen LogP contribution in [0.15, 0.2) is 36.5 Å². The lowest BCUT2D eigenvalue weighted by molar-refractivity contribution is -0.881. The summed E-state index contributed by atoms with van der Waals surface area (Å²) in [5.74, 6) is -3.50. The predicted octanol–water partition coefficient (Wildman–Crippen LogP) is 3.43. The molecule has 1 aromatic heterocycles. The first-order chi connectivity index (χ1) is 21.4. The highest BCUT2D eigenvalue weighted by Gasteiger charge is 2.22. The fourth-order valence-electron chi connectivity index (χ4n) is 3.98. The molecule has 0 aliphatic heterocycles. The van der Waals surface area contributed by atoms with E-state index in [-0.39, 0.29) is 39.3 Å². The first-order valence-corrected chi connectivity index (χ1v) is 14.0. The number of halogens is 3. The number of likely N-dealkylation sites (N-methyl/N-ethyl adjacent to an activating group) is 1. The summed E-state index contributed by atoms with van der Waals surface area (Å²) < 4.78 is 39.3. The van der Waals surface area contributed by atoms with E-state index in [9.17, 15) is 23.2 Å². The number of carbonyl (C=O) groups excluding carboxylic acids is 4. The minimum atomic E-state index is -1.14. The molecule has 0 fully saturated rings. The van der Waals surface area contributed by atoms with Gasteiger partial charge in [0.15, 0.2) is 23.7 Å². The number of aromatic nitrogens is 2. The normalized spacial score (nSPS) is 10.4. The van der Waals surface area contributed by atoms with E-state index < -0.39 is 17.5 Å². The van der Waals surface area contributed by atoms with E-state index in [1.165, 1.54) is 69.4 Å². The van der Waals surface area contributed by atoms with Crippen molar-refractivity contribution in [3.8, 4) is 17.0 Å². The highest BCUT2D eigenvalue weighted by molar-refractivity contribution is 6.34. The second-order valence-corrected chi connectivity index (χ2v) is 10.3. The van der Waals surface area contributed by atoms with Gasteiger partial charge < -0.3 is 34.9 Å². The van der Waals surface area contributed by atoms with Crippen LogP contribution in [0.3, 0.4) is 0 Å². The smallest absolute Gasteiger partial charge is 0.292 e. The van der Waals surface area contributed by atoms with Gasteiger partial charge in [-0.3, -0.25) is 19.2 Å². The molecule has 0 atom stereocenters. The molecule has 0 radical (unpaired) electrons. The summed E-state index contributed by atoms with van der Waals surface area (Å²) in [4.78, 5) is 49.1. The van der Waals surface area contributed by atoms with E-state index in [1.807, 2.05) is 14.1 Å². The third kappa shape index (κ3) is 11.2. The van der Waals surface area contributed by atoms with E-state index in [0.717, 1.165) is 25.7 Å². The van der Waals surface area contributed by atoms with E-state index in [0.29, 0.717) is 29.7 Å². The van der Waals surface area contributed by atoms with Gasteiger partial charge in [-0.15, -0.1) is 0 Å². The molecule has 3 rings (SSSR count). The van der Waals surface area contributed by atoms with Crippen LogP contribution < -0.4 is 21.1 Å². The van der Waals surface area contributed by atoms with Crippen LogP contribution in [0.1, 0.15) is 33.8 Å². The molecule has 3 aromatic rings. The van der Waals surface area contributed by atoms with Crippen LogP contribution in [-0.4, -0.2) is 93.6 Å². The lowest BCUT2D eigenvalue weighted by atomic mass is 10.1. The summed E-state index contributed by atoms with van der Waals surface area (Å²) in [7, 11) is 9.49.